The van der Waals surface area contributed by atoms with E-state index in [1.54, 1.807) is 31.2 Å². The van der Waals surface area contributed by atoms with Gasteiger partial charge in [-0.25, -0.2) is 14.2 Å². The van der Waals surface area contributed by atoms with Crippen molar-refractivity contribution >= 4 is 40.3 Å². The van der Waals surface area contributed by atoms with Crippen molar-refractivity contribution < 1.29 is 23.6 Å². The van der Waals surface area contributed by atoms with E-state index in [4.69, 9.17) is 21.2 Å². The number of carboxylic acids is 1. The Bertz CT molecular complexity index is 1320. The normalized spacial score (nSPS) is 10.9. The lowest BCUT2D eigenvalue weighted by Crippen LogP contribution is -2.14. The van der Waals surface area contributed by atoms with Crippen LogP contribution in [0.25, 0.3) is 22.4 Å². The van der Waals surface area contributed by atoms with Gasteiger partial charge in [-0.05, 0) is 43.3 Å². The lowest BCUT2D eigenvalue weighted by molar-refractivity contribution is 0.0696. The number of halogens is 2. The molecule has 2 aromatic carbocycles. The lowest BCUT2D eigenvalue weighted by Gasteiger charge is -2.10. The van der Waals surface area contributed by atoms with E-state index in [0.717, 1.165) is 6.07 Å². The molecule has 2 N–H and O–H groups in total. The zero-order valence-electron chi connectivity index (χ0n) is 15.4. The van der Waals surface area contributed by atoms with Gasteiger partial charge in [0.2, 0.25) is 0 Å². The second kappa shape index (κ2) is 7.57. The summed E-state index contributed by atoms with van der Waals surface area (Å²) in [6, 6.07) is 11.7. The zero-order chi connectivity index (χ0) is 21.4. The number of nitrogens with zero attached hydrogens (tertiary/aromatic N) is 2. The number of aromatic carboxylic acids is 1. The highest BCUT2D eigenvalue weighted by molar-refractivity contribution is 6.30. The smallest absolute Gasteiger partial charge is 0.335 e. The standard InChI is InChI=1S/C21H13ClFN3O4/c1-10-18-14(19(27)24-16-6-5-12(21(28)29)8-15(16)23)9-17(25-20(18)30-26-10)11-3-2-4-13(22)7-11/h2-9H,1H3,(H,24,27)(H,28,29). The number of carbonyl (C=O) groups excluding carboxylic acids is 1. The van der Waals surface area contributed by atoms with Gasteiger partial charge in [0.15, 0.2) is 0 Å². The molecule has 4 aromatic rings. The van der Waals surface area contributed by atoms with Crippen LogP contribution in [0, 0.1) is 12.7 Å². The van der Waals surface area contributed by atoms with E-state index in [-0.39, 0.29) is 22.5 Å². The first-order chi connectivity index (χ1) is 14.3. The summed E-state index contributed by atoms with van der Waals surface area (Å²) < 4.78 is 19.5. The number of anilines is 1. The molecule has 0 unspecified atom stereocenters. The molecule has 2 aromatic heterocycles. The summed E-state index contributed by atoms with van der Waals surface area (Å²) in [7, 11) is 0. The van der Waals surface area contributed by atoms with Gasteiger partial charge in [0.25, 0.3) is 11.6 Å². The number of nitrogens with one attached hydrogen (secondary N) is 1. The van der Waals surface area contributed by atoms with Crippen molar-refractivity contribution in [2.24, 2.45) is 0 Å². The number of benzene rings is 2. The van der Waals surface area contributed by atoms with Gasteiger partial charge < -0.3 is 14.9 Å². The minimum Gasteiger partial charge on any atom is -0.478 e. The predicted octanol–water partition coefficient (Wildman–Crippen LogP) is 4.94. The molecule has 0 aliphatic heterocycles. The molecule has 9 heteroatoms. The van der Waals surface area contributed by atoms with Crippen LogP contribution in [0.5, 0.6) is 0 Å². The molecular weight excluding hydrogens is 413 g/mol. The van der Waals surface area contributed by atoms with Crippen LogP contribution in [-0.4, -0.2) is 27.1 Å². The highest BCUT2D eigenvalue weighted by Crippen LogP contribution is 2.29. The Morgan fingerprint density at radius 3 is 2.67 bits per heavy atom. The lowest BCUT2D eigenvalue weighted by atomic mass is 10.0. The minimum atomic E-state index is -1.27. The van der Waals surface area contributed by atoms with Gasteiger partial charge in [0.1, 0.15) is 5.82 Å². The molecule has 0 saturated heterocycles. The average molecular weight is 426 g/mol. The Hall–Kier alpha value is -3.78. The second-order valence-corrected chi connectivity index (χ2v) is 6.90. The second-order valence-electron chi connectivity index (χ2n) is 6.47. The van der Waals surface area contributed by atoms with Crippen molar-refractivity contribution in [3.63, 3.8) is 0 Å². The number of fused-ring (bicyclic) bond motifs is 1. The molecule has 0 radical (unpaired) electrons. The van der Waals surface area contributed by atoms with Gasteiger partial charge in [-0.2, -0.15) is 0 Å². The Morgan fingerprint density at radius 2 is 1.97 bits per heavy atom. The van der Waals surface area contributed by atoms with Crippen molar-refractivity contribution in [1.29, 1.82) is 0 Å². The van der Waals surface area contributed by atoms with E-state index in [1.807, 2.05) is 0 Å². The van der Waals surface area contributed by atoms with Crippen LogP contribution in [0.3, 0.4) is 0 Å². The fraction of sp³-hybridized carbons (Fsp3) is 0.0476. The van der Waals surface area contributed by atoms with Crippen LogP contribution in [0.4, 0.5) is 10.1 Å². The van der Waals surface area contributed by atoms with Gasteiger partial charge in [-0.1, -0.05) is 28.9 Å². The summed E-state index contributed by atoms with van der Waals surface area (Å²) in [6.45, 7) is 1.66. The molecule has 0 aliphatic carbocycles. The van der Waals surface area contributed by atoms with Gasteiger partial charge in [-0.15, -0.1) is 0 Å². The first-order valence-electron chi connectivity index (χ1n) is 8.70. The summed E-state index contributed by atoms with van der Waals surface area (Å²) in [4.78, 5) is 28.4. The Balaban J connectivity index is 1.78. The monoisotopic (exact) mass is 425 g/mol. The minimum absolute atomic E-state index is 0.150. The van der Waals surface area contributed by atoms with E-state index < -0.39 is 17.7 Å². The first kappa shape index (κ1) is 19.5. The number of aryl methyl sites for hydroxylation is 1. The number of carboxylic acid groups (broad SMARTS) is 1. The van der Waals surface area contributed by atoms with Gasteiger partial charge in [0, 0.05) is 10.6 Å². The number of hydrogen-bond acceptors (Lipinski definition) is 5. The third-order valence-corrected chi connectivity index (χ3v) is 4.68. The molecule has 150 valence electrons. The van der Waals surface area contributed by atoms with E-state index >= 15 is 0 Å². The summed E-state index contributed by atoms with van der Waals surface area (Å²) in [6.07, 6.45) is 0. The van der Waals surface area contributed by atoms with Crippen molar-refractivity contribution in [1.82, 2.24) is 10.1 Å². The largest absolute Gasteiger partial charge is 0.478 e. The molecule has 4 rings (SSSR count). The number of hydrogen-bond donors (Lipinski definition) is 2. The average Bonchev–Trinajstić information content (AvgIpc) is 3.09. The quantitative estimate of drug-likeness (QED) is 0.479. The summed E-state index contributed by atoms with van der Waals surface area (Å²) in [5, 5.41) is 16.2. The van der Waals surface area contributed by atoms with Gasteiger partial charge >= 0.3 is 5.97 Å². The Labute approximate surface area is 174 Å². The number of carbonyl (C=O) groups is 2. The maximum absolute atomic E-state index is 14.3. The van der Waals surface area contributed by atoms with E-state index in [9.17, 15) is 14.0 Å². The molecule has 7 nitrogen and oxygen atoms in total. The van der Waals surface area contributed by atoms with Crippen LogP contribution < -0.4 is 5.32 Å². The highest BCUT2D eigenvalue weighted by Gasteiger charge is 2.21. The van der Waals surface area contributed by atoms with E-state index in [0.29, 0.717) is 27.4 Å². The third kappa shape index (κ3) is 3.60. The zero-order valence-corrected chi connectivity index (χ0v) is 16.2. The Kier molecular flexibility index (Phi) is 4.93. The van der Waals surface area contributed by atoms with Gasteiger partial charge in [0.05, 0.1) is 33.6 Å². The van der Waals surface area contributed by atoms with E-state index in [1.165, 1.54) is 18.2 Å². The summed E-state index contributed by atoms with van der Waals surface area (Å²) in [5.41, 5.74) is 1.47. The van der Waals surface area contributed by atoms with Crippen LogP contribution in [0.15, 0.2) is 53.1 Å². The predicted molar refractivity (Wildman–Crippen MR) is 108 cm³/mol. The molecule has 30 heavy (non-hydrogen) atoms. The number of rotatable bonds is 4. The van der Waals surface area contributed by atoms with Crippen LogP contribution >= 0.6 is 11.6 Å². The maximum Gasteiger partial charge on any atom is 0.335 e. The molecule has 0 bridgehead atoms. The van der Waals surface area contributed by atoms with Crippen molar-refractivity contribution in [2.45, 2.75) is 6.92 Å². The van der Waals surface area contributed by atoms with Crippen LogP contribution in [-0.2, 0) is 0 Å². The summed E-state index contributed by atoms with van der Waals surface area (Å²) in [5.74, 6) is -2.77. The van der Waals surface area contributed by atoms with Crippen molar-refractivity contribution in [3.05, 3.63) is 76.2 Å². The topological polar surface area (TPSA) is 105 Å². The molecular formula is C21H13ClFN3O4. The van der Waals surface area contributed by atoms with Crippen molar-refractivity contribution in [3.8, 4) is 11.3 Å². The van der Waals surface area contributed by atoms with E-state index in [2.05, 4.69) is 15.5 Å². The SMILES string of the molecule is Cc1noc2nc(-c3cccc(Cl)c3)cc(C(=O)Nc3ccc(C(=O)O)cc3F)c12. The van der Waals surface area contributed by atoms with Crippen molar-refractivity contribution in [2.75, 3.05) is 5.32 Å². The molecule has 1 amide bonds. The molecule has 2 heterocycles. The van der Waals surface area contributed by atoms with Crippen LogP contribution in [0.1, 0.15) is 26.4 Å². The molecule has 0 aliphatic rings. The maximum atomic E-state index is 14.3. The first-order valence-corrected chi connectivity index (χ1v) is 9.08. The molecule has 0 spiro atoms. The number of aromatic nitrogens is 2. The molecule has 0 atom stereocenters. The third-order valence-electron chi connectivity index (χ3n) is 4.45. The number of amides is 1. The number of pyridine rings is 1. The summed E-state index contributed by atoms with van der Waals surface area (Å²) >= 11 is 6.05. The molecule has 0 fully saturated rings. The Morgan fingerprint density at radius 1 is 1.17 bits per heavy atom. The highest BCUT2D eigenvalue weighted by atomic mass is 35.5. The van der Waals surface area contributed by atoms with Crippen LogP contribution in [0.2, 0.25) is 5.02 Å². The molecule has 0 saturated carbocycles. The fourth-order valence-electron chi connectivity index (χ4n) is 3.01. The van der Waals surface area contributed by atoms with Gasteiger partial charge in [-0.3, -0.25) is 4.79 Å². The fourth-order valence-corrected chi connectivity index (χ4v) is 3.20.